The average Bonchev–Trinajstić information content (AvgIpc) is 2.34. The van der Waals surface area contributed by atoms with E-state index in [-0.39, 0.29) is 12.6 Å². The molecule has 1 unspecified atom stereocenters. The molecule has 0 aromatic heterocycles. The highest BCUT2D eigenvalue weighted by molar-refractivity contribution is 5.69. The Labute approximate surface area is 106 Å². The van der Waals surface area contributed by atoms with Gasteiger partial charge < -0.3 is 9.84 Å². The molecule has 1 N–H and O–H groups in total. The molecule has 0 aliphatic rings. The number of aliphatic hydroxyl groups is 1. The highest BCUT2D eigenvalue weighted by atomic mass is 16.5. The zero-order valence-corrected chi connectivity index (χ0v) is 11.4. The summed E-state index contributed by atoms with van der Waals surface area (Å²) in [5.41, 5.74) is 0. The molecule has 3 nitrogen and oxygen atoms in total. The van der Waals surface area contributed by atoms with E-state index in [0.29, 0.717) is 12.8 Å². The molecule has 0 amide bonds. The van der Waals surface area contributed by atoms with Crippen LogP contribution in [0.5, 0.6) is 0 Å². The van der Waals surface area contributed by atoms with Crippen LogP contribution in [-0.4, -0.2) is 23.8 Å². The van der Waals surface area contributed by atoms with E-state index in [1.807, 2.05) is 6.92 Å². The van der Waals surface area contributed by atoms with E-state index in [1.54, 1.807) is 0 Å². The topological polar surface area (TPSA) is 46.5 Å². The molecule has 17 heavy (non-hydrogen) atoms. The summed E-state index contributed by atoms with van der Waals surface area (Å²) >= 11 is 0. The van der Waals surface area contributed by atoms with E-state index in [9.17, 15) is 9.90 Å². The fraction of sp³-hybridized carbons (Fsp3) is 0.929. The molecule has 0 spiro atoms. The number of rotatable bonds is 11. The second kappa shape index (κ2) is 11.9. The maximum Gasteiger partial charge on any atom is 0.305 e. The van der Waals surface area contributed by atoms with Gasteiger partial charge in [-0.2, -0.15) is 0 Å². The molecule has 0 bridgehead atoms. The lowest BCUT2D eigenvalue weighted by molar-refractivity contribution is -0.146. The van der Waals surface area contributed by atoms with Crippen molar-refractivity contribution in [3.05, 3.63) is 0 Å². The van der Waals surface area contributed by atoms with Crippen LogP contribution in [0, 0.1) is 0 Å². The maximum atomic E-state index is 11.3. The molecule has 0 aliphatic carbocycles. The largest absolute Gasteiger partial charge is 0.463 e. The van der Waals surface area contributed by atoms with Crippen LogP contribution in [0.4, 0.5) is 0 Å². The van der Waals surface area contributed by atoms with Crippen molar-refractivity contribution in [3.63, 3.8) is 0 Å². The zero-order chi connectivity index (χ0) is 12.9. The van der Waals surface area contributed by atoms with Gasteiger partial charge >= 0.3 is 5.97 Å². The molecule has 0 heterocycles. The smallest absolute Gasteiger partial charge is 0.305 e. The predicted octanol–water partition coefficient (Wildman–Crippen LogP) is 3.44. The quantitative estimate of drug-likeness (QED) is 0.447. The Kier molecular flexibility index (Phi) is 11.5. The fourth-order valence-corrected chi connectivity index (χ4v) is 1.61. The Morgan fingerprint density at radius 1 is 1.06 bits per heavy atom. The lowest BCUT2D eigenvalue weighted by Gasteiger charge is -2.08. The molecular weight excluding hydrogens is 216 g/mol. The lowest BCUT2D eigenvalue weighted by Crippen LogP contribution is -2.17. The molecule has 0 fully saturated rings. The summed E-state index contributed by atoms with van der Waals surface area (Å²) in [5, 5.41) is 9.22. The normalized spacial score (nSPS) is 12.4. The van der Waals surface area contributed by atoms with Crippen molar-refractivity contribution in [2.75, 3.05) is 6.61 Å². The van der Waals surface area contributed by atoms with Crippen molar-refractivity contribution in [1.82, 2.24) is 0 Å². The van der Waals surface area contributed by atoms with Gasteiger partial charge in [0.25, 0.3) is 0 Å². The molecule has 0 aromatic carbocycles. The molecule has 1 atom stereocenters. The molecule has 0 rings (SSSR count). The van der Waals surface area contributed by atoms with Crippen molar-refractivity contribution in [1.29, 1.82) is 0 Å². The second-order valence-corrected chi connectivity index (χ2v) is 4.62. The Bertz CT molecular complexity index is 180. The lowest BCUT2D eigenvalue weighted by atomic mass is 10.1. The van der Waals surface area contributed by atoms with Gasteiger partial charge in [0.1, 0.15) is 6.61 Å². The molecule has 0 aromatic rings. The van der Waals surface area contributed by atoms with Gasteiger partial charge in [0, 0.05) is 6.42 Å². The van der Waals surface area contributed by atoms with Crippen LogP contribution in [0.1, 0.15) is 71.6 Å². The minimum Gasteiger partial charge on any atom is -0.463 e. The number of esters is 1. The first-order chi connectivity index (χ1) is 8.20. The maximum absolute atomic E-state index is 11.3. The van der Waals surface area contributed by atoms with E-state index in [2.05, 4.69) is 6.92 Å². The molecule has 102 valence electrons. The number of ether oxygens (including phenoxy) is 1. The van der Waals surface area contributed by atoms with E-state index in [0.717, 1.165) is 12.8 Å². The number of carbonyl (C=O) groups excluding carboxylic acids is 1. The monoisotopic (exact) mass is 244 g/mol. The highest BCUT2D eigenvalue weighted by Gasteiger charge is 2.06. The number of aliphatic hydroxyl groups excluding tert-OH is 1. The average molecular weight is 244 g/mol. The van der Waals surface area contributed by atoms with Gasteiger partial charge in [0.05, 0.1) is 6.10 Å². The minimum atomic E-state index is -0.506. The Balaban J connectivity index is 3.22. The third-order valence-electron chi connectivity index (χ3n) is 2.89. The van der Waals surface area contributed by atoms with Gasteiger partial charge in [-0.3, -0.25) is 4.79 Å². The summed E-state index contributed by atoms with van der Waals surface area (Å²) in [6, 6.07) is 0. The van der Waals surface area contributed by atoms with Crippen molar-refractivity contribution >= 4 is 5.97 Å². The van der Waals surface area contributed by atoms with Crippen molar-refractivity contribution in [2.45, 2.75) is 77.7 Å². The SMILES string of the molecule is CCCCCCCCCC(=O)OCC(O)CC. The van der Waals surface area contributed by atoms with Gasteiger partial charge in [0.2, 0.25) is 0 Å². The number of carbonyl (C=O) groups is 1. The van der Waals surface area contributed by atoms with Gasteiger partial charge in [-0.1, -0.05) is 52.4 Å². The minimum absolute atomic E-state index is 0.145. The molecule has 0 aliphatic heterocycles. The molecule has 0 radical (unpaired) electrons. The number of unbranched alkanes of at least 4 members (excludes halogenated alkanes) is 6. The van der Waals surface area contributed by atoms with Crippen LogP contribution < -0.4 is 0 Å². The van der Waals surface area contributed by atoms with E-state index < -0.39 is 6.10 Å². The Morgan fingerprint density at radius 2 is 1.65 bits per heavy atom. The van der Waals surface area contributed by atoms with Gasteiger partial charge in [-0.25, -0.2) is 0 Å². The van der Waals surface area contributed by atoms with Crippen LogP contribution in [0.3, 0.4) is 0 Å². The molecule has 3 heteroatoms. The van der Waals surface area contributed by atoms with E-state index in [1.165, 1.54) is 32.1 Å². The summed E-state index contributed by atoms with van der Waals surface area (Å²) < 4.78 is 4.95. The number of hydrogen-bond acceptors (Lipinski definition) is 3. The zero-order valence-electron chi connectivity index (χ0n) is 11.4. The van der Waals surface area contributed by atoms with Crippen molar-refractivity contribution in [3.8, 4) is 0 Å². The molecular formula is C14H28O3. The second-order valence-electron chi connectivity index (χ2n) is 4.62. The summed E-state index contributed by atoms with van der Waals surface area (Å²) in [6.07, 6.45) is 9.01. The van der Waals surface area contributed by atoms with Crippen LogP contribution in [0.15, 0.2) is 0 Å². The number of hydrogen-bond donors (Lipinski definition) is 1. The van der Waals surface area contributed by atoms with Crippen molar-refractivity contribution in [2.24, 2.45) is 0 Å². The third kappa shape index (κ3) is 11.7. The predicted molar refractivity (Wildman–Crippen MR) is 69.9 cm³/mol. The van der Waals surface area contributed by atoms with Crippen LogP contribution in [0.2, 0.25) is 0 Å². The first-order valence-corrected chi connectivity index (χ1v) is 7.04. The van der Waals surface area contributed by atoms with Crippen LogP contribution in [0.25, 0.3) is 0 Å². The highest BCUT2D eigenvalue weighted by Crippen LogP contribution is 2.08. The van der Waals surface area contributed by atoms with Gasteiger partial charge in [-0.05, 0) is 12.8 Å². The van der Waals surface area contributed by atoms with Gasteiger partial charge in [-0.15, -0.1) is 0 Å². The van der Waals surface area contributed by atoms with Crippen LogP contribution in [-0.2, 0) is 9.53 Å². The molecule has 0 saturated carbocycles. The van der Waals surface area contributed by atoms with Gasteiger partial charge in [0.15, 0.2) is 0 Å². The summed E-state index contributed by atoms with van der Waals surface area (Å²) in [7, 11) is 0. The standard InChI is InChI=1S/C14H28O3/c1-3-5-6-7-8-9-10-11-14(16)17-12-13(15)4-2/h13,15H,3-12H2,1-2H3. The Morgan fingerprint density at radius 3 is 2.24 bits per heavy atom. The molecule has 0 saturated heterocycles. The Hall–Kier alpha value is -0.570. The fourth-order valence-electron chi connectivity index (χ4n) is 1.61. The van der Waals surface area contributed by atoms with Crippen LogP contribution >= 0.6 is 0 Å². The summed E-state index contributed by atoms with van der Waals surface area (Å²) in [6.45, 7) is 4.22. The summed E-state index contributed by atoms with van der Waals surface area (Å²) in [4.78, 5) is 11.3. The first kappa shape index (κ1) is 16.4. The summed E-state index contributed by atoms with van der Waals surface area (Å²) in [5.74, 6) is -0.175. The van der Waals surface area contributed by atoms with E-state index in [4.69, 9.17) is 4.74 Å². The first-order valence-electron chi connectivity index (χ1n) is 7.04. The van der Waals surface area contributed by atoms with Crippen molar-refractivity contribution < 1.29 is 14.6 Å². The van der Waals surface area contributed by atoms with E-state index >= 15 is 0 Å². The third-order valence-corrected chi connectivity index (χ3v) is 2.89.